The van der Waals surface area contributed by atoms with Crippen LogP contribution in [0, 0.1) is 5.82 Å². The summed E-state index contributed by atoms with van der Waals surface area (Å²) in [6.45, 7) is 0.566. The first kappa shape index (κ1) is 23.2. The number of nitrogens with one attached hydrogen (secondary N) is 2. The van der Waals surface area contributed by atoms with Crippen molar-refractivity contribution in [2.24, 2.45) is 0 Å². The topological polar surface area (TPSA) is 84.5 Å². The second-order valence-electron chi connectivity index (χ2n) is 7.68. The third kappa shape index (κ3) is 6.26. The van der Waals surface area contributed by atoms with Gasteiger partial charge in [-0.15, -0.1) is 0 Å². The maximum absolute atomic E-state index is 13.6. The molecule has 6 nitrogen and oxygen atoms in total. The number of hydrogen-bond donors (Lipinski definition) is 2. The summed E-state index contributed by atoms with van der Waals surface area (Å²) in [6, 6.07) is 11.1. The highest BCUT2D eigenvalue weighted by Gasteiger charge is 2.24. The molecule has 3 rings (SSSR count). The Morgan fingerprint density at radius 3 is 2.66 bits per heavy atom. The second kappa shape index (κ2) is 11.2. The molecule has 0 atom stereocenters. The molecule has 0 spiro atoms. The van der Waals surface area contributed by atoms with E-state index in [-0.39, 0.29) is 17.8 Å². The van der Waals surface area contributed by atoms with E-state index in [1.165, 1.54) is 25.3 Å². The molecule has 0 aliphatic carbocycles. The van der Waals surface area contributed by atoms with E-state index >= 15 is 0 Å². The van der Waals surface area contributed by atoms with Crippen molar-refractivity contribution < 1.29 is 23.5 Å². The fourth-order valence-electron chi connectivity index (χ4n) is 3.57. The lowest BCUT2D eigenvalue weighted by Gasteiger charge is -2.06. The van der Waals surface area contributed by atoms with Crippen molar-refractivity contribution >= 4 is 35.1 Å². The first-order chi connectivity index (χ1) is 15.5. The van der Waals surface area contributed by atoms with Crippen molar-refractivity contribution in [2.45, 2.75) is 38.5 Å². The molecule has 1 aliphatic rings. The predicted octanol–water partition coefficient (Wildman–Crippen LogP) is 4.56. The van der Waals surface area contributed by atoms with Gasteiger partial charge in [-0.25, -0.2) is 4.39 Å². The van der Waals surface area contributed by atoms with E-state index in [2.05, 4.69) is 15.4 Å². The van der Waals surface area contributed by atoms with E-state index in [1.54, 1.807) is 30.3 Å². The molecular formula is C25H27FN2O4. The van der Waals surface area contributed by atoms with Crippen molar-refractivity contribution in [2.75, 3.05) is 19.0 Å². The number of anilines is 1. The van der Waals surface area contributed by atoms with Crippen LogP contribution in [0.5, 0.6) is 0 Å². The fourth-order valence-corrected chi connectivity index (χ4v) is 3.57. The lowest BCUT2D eigenvalue weighted by molar-refractivity contribution is -0.140. The van der Waals surface area contributed by atoms with E-state index in [0.717, 1.165) is 32.1 Å². The normalized spacial score (nSPS) is 13.6. The van der Waals surface area contributed by atoms with Crippen molar-refractivity contribution in [1.82, 2.24) is 5.32 Å². The van der Waals surface area contributed by atoms with E-state index < -0.39 is 5.82 Å². The Morgan fingerprint density at radius 1 is 1.06 bits per heavy atom. The van der Waals surface area contributed by atoms with Crippen molar-refractivity contribution in [3.05, 3.63) is 65.0 Å². The standard InChI is InChI=1S/C25H27FN2O4/c1-32-23(29)10-5-3-2-4-6-13-27-24(30)18-9-7-8-17(14-18)15-21-20-16-19(26)11-12-22(20)28-25(21)31/h7-9,11-12,14-16H,2-6,10,13H2,1H3,(H,27,30)(H,28,31). The predicted molar refractivity (Wildman–Crippen MR) is 121 cm³/mol. The number of hydrogen-bond acceptors (Lipinski definition) is 4. The maximum atomic E-state index is 13.6. The van der Waals surface area contributed by atoms with Crippen molar-refractivity contribution in [3.63, 3.8) is 0 Å². The third-order valence-corrected chi connectivity index (χ3v) is 5.30. The summed E-state index contributed by atoms with van der Waals surface area (Å²) in [6.07, 6.45) is 6.71. The molecule has 0 aromatic heterocycles. The number of halogens is 1. The number of benzene rings is 2. The molecule has 2 aromatic carbocycles. The van der Waals surface area contributed by atoms with Gasteiger partial charge in [-0.05, 0) is 54.8 Å². The molecule has 0 unspecified atom stereocenters. The molecule has 0 radical (unpaired) electrons. The van der Waals surface area contributed by atoms with E-state index in [1.807, 2.05) is 0 Å². The lowest BCUT2D eigenvalue weighted by atomic mass is 10.0. The highest BCUT2D eigenvalue weighted by Crippen LogP contribution is 2.33. The van der Waals surface area contributed by atoms with Gasteiger partial charge in [-0.1, -0.05) is 31.4 Å². The number of carbonyl (C=O) groups is 3. The zero-order valence-corrected chi connectivity index (χ0v) is 18.1. The zero-order valence-electron chi connectivity index (χ0n) is 18.1. The van der Waals surface area contributed by atoms with Crippen LogP contribution in [0.4, 0.5) is 10.1 Å². The third-order valence-electron chi connectivity index (χ3n) is 5.30. The fraction of sp³-hybridized carbons (Fsp3) is 0.320. The maximum Gasteiger partial charge on any atom is 0.305 e. The van der Waals surface area contributed by atoms with Crippen LogP contribution < -0.4 is 10.6 Å². The highest BCUT2D eigenvalue weighted by atomic mass is 19.1. The van der Waals surface area contributed by atoms with Crippen LogP contribution in [0.3, 0.4) is 0 Å². The molecular weight excluding hydrogens is 411 g/mol. The van der Waals surface area contributed by atoms with Crippen LogP contribution in [0.15, 0.2) is 42.5 Å². The van der Waals surface area contributed by atoms with Crippen molar-refractivity contribution in [3.8, 4) is 0 Å². The van der Waals surface area contributed by atoms with E-state index in [0.29, 0.717) is 40.9 Å². The van der Waals surface area contributed by atoms with Crippen LogP contribution in [-0.4, -0.2) is 31.4 Å². The quantitative estimate of drug-likeness (QED) is 0.324. The van der Waals surface area contributed by atoms with Crippen molar-refractivity contribution in [1.29, 1.82) is 0 Å². The largest absolute Gasteiger partial charge is 0.469 e. The van der Waals surface area contributed by atoms with Crippen LogP contribution in [0.25, 0.3) is 11.6 Å². The van der Waals surface area contributed by atoms with Gasteiger partial charge in [0.1, 0.15) is 5.82 Å². The number of carbonyl (C=O) groups excluding carboxylic acids is 3. The van der Waals surface area contributed by atoms with Crippen LogP contribution in [0.1, 0.15) is 60.0 Å². The Balaban J connectivity index is 1.50. The summed E-state index contributed by atoms with van der Waals surface area (Å²) >= 11 is 0. The minimum absolute atomic E-state index is 0.180. The number of methoxy groups -OCH3 is 1. The Morgan fingerprint density at radius 2 is 1.84 bits per heavy atom. The molecule has 7 heteroatoms. The molecule has 1 heterocycles. The van der Waals surface area contributed by atoms with Gasteiger partial charge in [0, 0.05) is 35.4 Å². The summed E-state index contributed by atoms with van der Waals surface area (Å²) in [5.74, 6) is -1.08. The summed E-state index contributed by atoms with van der Waals surface area (Å²) in [4.78, 5) is 35.8. The van der Waals surface area contributed by atoms with Gasteiger partial charge in [-0.2, -0.15) is 0 Å². The molecule has 1 aliphatic heterocycles. The molecule has 0 saturated carbocycles. The van der Waals surface area contributed by atoms with E-state index in [9.17, 15) is 18.8 Å². The average molecular weight is 438 g/mol. The zero-order chi connectivity index (χ0) is 22.9. The first-order valence-corrected chi connectivity index (χ1v) is 10.8. The second-order valence-corrected chi connectivity index (χ2v) is 7.68. The van der Waals surface area contributed by atoms with Gasteiger partial charge in [0.2, 0.25) is 0 Å². The summed E-state index contributed by atoms with van der Waals surface area (Å²) in [5.41, 5.74) is 2.63. The number of rotatable bonds is 10. The lowest BCUT2D eigenvalue weighted by Crippen LogP contribution is -2.24. The Labute approximate surface area is 186 Å². The molecule has 32 heavy (non-hydrogen) atoms. The van der Waals surface area contributed by atoms with Gasteiger partial charge >= 0.3 is 5.97 Å². The van der Waals surface area contributed by atoms with Crippen LogP contribution in [0.2, 0.25) is 0 Å². The Hall–Kier alpha value is -3.48. The van der Waals surface area contributed by atoms with Gasteiger partial charge in [0.05, 0.1) is 7.11 Å². The molecule has 168 valence electrons. The van der Waals surface area contributed by atoms with Crippen LogP contribution in [-0.2, 0) is 14.3 Å². The first-order valence-electron chi connectivity index (χ1n) is 10.8. The van der Waals surface area contributed by atoms with E-state index in [4.69, 9.17) is 0 Å². The minimum atomic E-state index is -0.414. The van der Waals surface area contributed by atoms with Crippen LogP contribution >= 0.6 is 0 Å². The highest BCUT2D eigenvalue weighted by molar-refractivity contribution is 6.34. The summed E-state index contributed by atoms with van der Waals surface area (Å²) in [5, 5.41) is 5.62. The van der Waals surface area contributed by atoms with Gasteiger partial charge in [0.25, 0.3) is 11.8 Å². The van der Waals surface area contributed by atoms with Gasteiger partial charge in [-0.3, -0.25) is 14.4 Å². The Bertz CT molecular complexity index is 1030. The molecule has 2 aromatic rings. The molecule has 2 N–H and O–H groups in total. The average Bonchev–Trinajstić information content (AvgIpc) is 3.09. The minimum Gasteiger partial charge on any atom is -0.469 e. The number of esters is 1. The monoisotopic (exact) mass is 438 g/mol. The number of ether oxygens (including phenoxy) is 1. The molecule has 2 amide bonds. The van der Waals surface area contributed by atoms with Gasteiger partial charge in [0.15, 0.2) is 0 Å². The smallest absolute Gasteiger partial charge is 0.305 e. The molecule has 0 bridgehead atoms. The SMILES string of the molecule is COC(=O)CCCCCCCNC(=O)c1cccc(C=C2C(=O)Nc3ccc(F)cc32)c1. The van der Waals surface area contributed by atoms with Gasteiger partial charge < -0.3 is 15.4 Å². The number of unbranched alkanes of at least 4 members (excludes halogenated alkanes) is 4. The number of fused-ring (bicyclic) bond motifs is 1. The summed E-state index contributed by atoms with van der Waals surface area (Å²) < 4.78 is 18.2. The number of amides is 2. The summed E-state index contributed by atoms with van der Waals surface area (Å²) in [7, 11) is 1.39. The molecule has 0 saturated heterocycles. The Kier molecular flexibility index (Phi) is 8.14. The molecule has 0 fully saturated rings.